The Morgan fingerprint density at radius 3 is 1.61 bits per heavy atom. The van der Waals surface area contributed by atoms with Gasteiger partial charge in [0.1, 0.15) is 0 Å². The molecule has 11 rings (SSSR count). The van der Waals surface area contributed by atoms with Gasteiger partial charge in [-0.2, -0.15) is 0 Å². The summed E-state index contributed by atoms with van der Waals surface area (Å²) in [7, 11) is 0. The maximum atomic E-state index is 2.41. The number of rotatable bonds is 5. The molecule has 0 N–H and O–H groups in total. The van der Waals surface area contributed by atoms with Crippen LogP contribution in [0, 0.1) is 0 Å². The molecule has 0 saturated carbocycles. The van der Waals surface area contributed by atoms with E-state index in [1.54, 1.807) is 0 Å². The Labute approximate surface area is 313 Å². The second-order valence-electron chi connectivity index (χ2n) is 14.2. The number of hydrogen-bond donors (Lipinski definition) is 0. The third-order valence-electron chi connectivity index (χ3n) is 11.1. The first-order valence-corrected chi connectivity index (χ1v) is 18.6. The lowest BCUT2D eigenvalue weighted by Crippen LogP contribution is -1.94. The minimum atomic E-state index is 1.16. The van der Waals surface area contributed by atoms with Gasteiger partial charge in [-0.05, 0) is 105 Å². The fourth-order valence-electron chi connectivity index (χ4n) is 8.57. The summed E-state index contributed by atoms with van der Waals surface area (Å²) in [5, 5.41) is 7.51. The molecule has 0 bridgehead atoms. The van der Waals surface area contributed by atoms with Crippen molar-refractivity contribution in [1.29, 1.82) is 0 Å². The molecule has 2 heteroatoms. The minimum absolute atomic E-state index is 1.16. The minimum Gasteiger partial charge on any atom is -0.309 e. The maximum absolute atomic E-state index is 2.41. The van der Waals surface area contributed by atoms with Gasteiger partial charge < -0.3 is 9.13 Å². The van der Waals surface area contributed by atoms with Crippen molar-refractivity contribution in [3.63, 3.8) is 0 Å². The van der Waals surface area contributed by atoms with Crippen LogP contribution in [-0.2, 0) is 0 Å². The third kappa shape index (κ3) is 4.81. The van der Waals surface area contributed by atoms with E-state index in [-0.39, 0.29) is 0 Å². The fourth-order valence-corrected chi connectivity index (χ4v) is 8.57. The van der Waals surface area contributed by atoms with Crippen molar-refractivity contribution in [2.75, 3.05) is 0 Å². The molecule has 54 heavy (non-hydrogen) atoms. The molecule has 0 radical (unpaired) electrons. The number of para-hydroxylation sites is 2. The van der Waals surface area contributed by atoms with E-state index < -0.39 is 0 Å². The van der Waals surface area contributed by atoms with E-state index in [2.05, 4.69) is 215 Å². The summed E-state index contributed by atoms with van der Waals surface area (Å²) in [5.41, 5.74) is 14.4. The number of aromatic nitrogens is 2. The molecule has 11 aromatic rings. The highest BCUT2D eigenvalue weighted by Gasteiger charge is 2.18. The van der Waals surface area contributed by atoms with Crippen LogP contribution in [0.25, 0.3) is 99.1 Å². The molecular weight excluding hydrogens is 653 g/mol. The molecule has 0 unspecified atom stereocenters. The van der Waals surface area contributed by atoms with Gasteiger partial charge in [0.05, 0.1) is 22.1 Å². The van der Waals surface area contributed by atoms with E-state index in [9.17, 15) is 0 Å². The molecule has 0 aliphatic rings. The third-order valence-corrected chi connectivity index (χ3v) is 11.1. The predicted molar refractivity (Wildman–Crippen MR) is 229 cm³/mol. The molecule has 9 aromatic carbocycles. The second-order valence-corrected chi connectivity index (χ2v) is 14.2. The van der Waals surface area contributed by atoms with Crippen LogP contribution in [-0.4, -0.2) is 9.13 Å². The van der Waals surface area contributed by atoms with E-state index >= 15 is 0 Å². The standard InChI is InChI=1S/C52H34N2/c1-3-12-35(13-4-1)37-22-24-38(25-23-37)44-19-11-21-51-52(44)47-34-41(28-31-50(47)53(51)42-16-5-2-6-17-42)40-27-30-49-46(33-40)45-18-9-10-20-48(45)54(49)43-29-26-36-14-7-8-15-39(36)32-43/h1-34H. The van der Waals surface area contributed by atoms with E-state index in [1.807, 2.05) is 0 Å². The van der Waals surface area contributed by atoms with E-state index in [1.165, 1.54) is 93.5 Å². The van der Waals surface area contributed by atoms with Crippen molar-refractivity contribution in [3.05, 3.63) is 206 Å². The number of fused-ring (bicyclic) bond motifs is 7. The molecule has 0 aliphatic carbocycles. The predicted octanol–water partition coefficient (Wildman–Crippen LogP) is 14.0. The van der Waals surface area contributed by atoms with Crippen molar-refractivity contribution < 1.29 is 0 Å². The van der Waals surface area contributed by atoms with Crippen LogP contribution < -0.4 is 0 Å². The van der Waals surface area contributed by atoms with Gasteiger partial charge in [-0.1, -0.05) is 146 Å². The summed E-state index contributed by atoms with van der Waals surface area (Å²) < 4.78 is 4.82. The molecule has 0 atom stereocenters. The fraction of sp³-hybridized carbons (Fsp3) is 0. The van der Waals surface area contributed by atoms with Crippen LogP contribution in [0.2, 0.25) is 0 Å². The van der Waals surface area contributed by atoms with Crippen LogP contribution in [0.5, 0.6) is 0 Å². The maximum Gasteiger partial charge on any atom is 0.0547 e. The Bertz CT molecular complexity index is 3180. The molecule has 252 valence electrons. The van der Waals surface area contributed by atoms with Gasteiger partial charge in [0.25, 0.3) is 0 Å². The topological polar surface area (TPSA) is 9.86 Å². The zero-order chi connectivity index (χ0) is 35.6. The van der Waals surface area contributed by atoms with Crippen LogP contribution >= 0.6 is 0 Å². The van der Waals surface area contributed by atoms with E-state index in [0.29, 0.717) is 0 Å². The van der Waals surface area contributed by atoms with Gasteiger partial charge in [-0.15, -0.1) is 0 Å². The zero-order valence-corrected chi connectivity index (χ0v) is 29.5. The second kappa shape index (κ2) is 12.2. The molecule has 0 spiro atoms. The molecule has 2 nitrogen and oxygen atoms in total. The van der Waals surface area contributed by atoms with Gasteiger partial charge in [-0.25, -0.2) is 0 Å². The highest BCUT2D eigenvalue weighted by atomic mass is 15.0. The van der Waals surface area contributed by atoms with Crippen molar-refractivity contribution in [3.8, 4) is 44.8 Å². The van der Waals surface area contributed by atoms with Gasteiger partial charge in [-0.3, -0.25) is 0 Å². The molecule has 2 heterocycles. The van der Waals surface area contributed by atoms with Gasteiger partial charge in [0, 0.05) is 32.9 Å². The molecule has 0 fully saturated rings. The van der Waals surface area contributed by atoms with Crippen molar-refractivity contribution in [2.45, 2.75) is 0 Å². The summed E-state index contributed by atoms with van der Waals surface area (Å²) in [6.07, 6.45) is 0. The molecule has 0 amide bonds. The molecule has 0 saturated heterocycles. The lowest BCUT2D eigenvalue weighted by Gasteiger charge is -2.10. The normalized spacial score (nSPS) is 11.7. The van der Waals surface area contributed by atoms with Gasteiger partial charge in [0.15, 0.2) is 0 Å². The Kier molecular flexibility index (Phi) is 6.90. The van der Waals surface area contributed by atoms with Crippen LogP contribution in [0.15, 0.2) is 206 Å². The van der Waals surface area contributed by atoms with Gasteiger partial charge in [0.2, 0.25) is 0 Å². The first-order valence-electron chi connectivity index (χ1n) is 18.6. The van der Waals surface area contributed by atoms with Crippen molar-refractivity contribution in [2.24, 2.45) is 0 Å². The summed E-state index contributed by atoms with van der Waals surface area (Å²) in [5.74, 6) is 0. The summed E-state index contributed by atoms with van der Waals surface area (Å²) in [6, 6.07) is 75.2. The molecular formula is C52H34N2. The van der Waals surface area contributed by atoms with E-state index in [0.717, 1.165) is 5.69 Å². The van der Waals surface area contributed by atoms with Crippen molar-refractivity contribution >= 4 is 54.4 Å². The average Bonchev–Trinajstić information content (AvgIpc) is 3.76. The zero-order valence-electron chi connectivity index (χ0n) is 29.5. The Hall–Kier alpha value is -7.16. The quantitative estimate of drug-likeness (QED) is 0.171. The highest BCUT2D eigenvalue weighted by Crippen LogP contribution is 2.42. The van der Waals surface area contributed by atoms with Crippen molar-refractivity contribution in [1.82, 2.24) is 9.13 Å². The summed E-state index contributed by atoms with van der Waals surface area (Å²) in [6.45, 7) is 0. The highest BCUT2D eigenvalue weighted by molar-refractivity contribution is 6.17. The first kappa shape index (κ1) is 30.5. The van der Waals surface area contributed by atoms with Gasteiger partial charge >= 0.3 is 0 Å². The number of hydrogen-bond acceptors (Lipinski definition) is 0. The Balaban J connectivity index is 1.11. The smallest absolute Gasteiger partial charge is 0.0547 e. The van der Waals surface area contributed by atoms with Crippen LogP contribution in [0.4, 0.5) is 0 Å². The van der Waals surface area contributed by atoms with Crippen LogP contribution in [0.3, 0.4) is 0 Å². The Morgan fingerprint density at radius 1 is 0.259 bits per heavy atom. The SMILES string of the molecule is c1ccc(-c2ccc(-c3cccc4c3c3cc(-c5ccc6c(c5)c5ccccc5n6-c5ccc6ccccc6c5)ccc3n4-c3ccccc3)cc2)cc1. The summed E-state index contributed by atoms with van der Waals surface area (Å²) in [4.78, 5) is 0. The van der Waals surface area contributed by atoms with Crippen LogP contribution in [0.1, 0.15) is 0 Å². The molecule has 2 aromatic heterocycles. The number of nitrogens with zero attached hydrogens (tertiary/aromatic N) is 2. The Morgan fingerprint density at radius 2 is 0.815 bits per heavy atom. The monoisotopic (exact) mass is 686 g/mol. The average molecular weight is 687 g/mol. The molecule has 0 aliphatic heterocycles. The number of benzene rings is 9. The lowest BCUT2D eigenvalue weighted by molar-refractivity contribution is 1.18. The largest absolute Gasteiger partial charge is 0.309 e. The van der Waals surface area contributed by atoms with E-state index in [4.69, 9.17) is 0 Å². The lowest BCUT2D eigenvalue weighted by atomic mass is 9.95. The first-order chi connectivity index (χ1) is 26.8. The summed E-state index contributed by atoms with van der Waals surface area (Å²) >= 11 is 0.